The Labute approximate surface area is 105 Å². The van der Waals surface area contributed by atoms with E-state index < -0.39 is 0 Å². The fraction of sp³-hybridized carbons (Fsp3) is 0.538. The maximum atomic E-state index is 5.64. The number of rotatable bonds is 1. The van der Waals surface area contributed by atoms with E-state index in [4.69, 9.17) is 4.74 Å². The molecule has 2 aromatic rings. The van der Waals surface area contributed by atoms with Crippen molar-refractivity contribution in [1.29, 1.82) is 0 Å². The van der Waals surface area contributed by atoms with Crippen LogP contribution in [0.1, 0.15) is 18.7 Å². The lowest BCUT2D eigenvalue weighted by Crippen LogP contribution is -2.46. The van der Waals surface area contributed by atoms with E-state index in [1.165, 1.54) is 12.8 Å². The number of aromatic amines is 1. The second-order valence-electron chi connectivity index (χ2n) is 5.16. The highest BCUT2D eigenvalue weighted by Crippen LogP contribution is 2.36. The van der Waals surface area contributed by atoms with Gasteiger partial charge in [0.2, 0.25) is 0 Å². The highest BCUT2D eigenvalue weighted by atomic mass is 16.5. The molecule has 4 heterocycles. The van der Waals surface area contributed by atoms with Crippen molar-refractivity contribution in [3.05, 3.63) is 18.1 Å². The average molecular weight is 244 g/mol. The van der Waals surface area contributed by atoms with Crippen LogP contribution in [-0.4, -0.2) is 40.2 Å². The Balaban J connectivity index is 1.89. The lowest BCUT2D eigenvalue weighted by Gasteiger charge is -2.36. The minimum Gasteiger partial charge on any atom is -0.377 e. The van der Waals surface area contributed by atoms with Gasteiger partial charge in [-0.15, -0.1) is 0 Å². The van der Waals surface area contributed by atoms with E-state index in [1.54, 1.807) is 0 Å². The molecule has 5 heteroatoms. The molecule has 2 atom stereocenters. The number of hydrogen-bond acceptors (Lipinski definition) is 4. The van der Waals surface area contributed by atoms with Gasteiger partial charge in [-0.05, 0) is 25.8 Å². The van der Waals surface area contributed by atoms with Gasteiger partial charge in [0.15, 0.2) is 0 Å². The third-order valence-corrected chi connectivity index (χ3v) is 3.99. The molecule has 2 bridgehead atoms. The summed E-state index contributed by atoms with van der Waals surface area (Å²) in [5, 5.41) is 1.12. The maximum Gasteiger partial charge on any atom is 0.143 e. The van der Waals surface area contributed by atoms with Crippen LogP contribution in [0.15, 0.2) is 12.3 Å². The summed E-state index contributed by atoms with van der Waals surface area (Å²) in [5.41, 5.74) is 0.934. The van der Waals surface area contributed by atoms with E-state index in [2.05, 4.69) is 25.9 Å². The van der Waals surface area contributed by atoms with Crippen molar-refractivity contribution in [1.82, 2.24) is 15.0 Å². The second-order valence-corrected chi connectivity index (χ2v) is 5.16. The SMILES string of the molecule is Cc1nc(N2C3CCC2COC3)c2cc[nH]c2n1. The number of anilines is 1. The number of ether oxygens (including phenoxy) is 1. The maximum absolute atomic E-state index is 5.64. The van der Waals surface area contributed by atoms with Crippen LogP contribution in [0.3, 0.4) is 0 Å². The Morgan fingerprint density at radius 2 is 2.06 bits per heavy atom. The number of aromatic nitrogens is 3. The molecule has 4 rings (SSSR count). The fourth-order valence-corrected chi connectivity index (χ4v) is 3.21. The predicted octanol–water partition coefficient (Wildman–Crippen LogP) is 1.63. The third-order valence-electron chi connectivity index (χ3n) is 3.99. The van der Waals surface area contributed by atoms with Crippen LogP contribution in [0, 0.1) is 6.92 Å². The lowest BCUT2D eigenvalue weighted by molar-refractivity contribution is 0.0903. The highest BCUT2D eigenvalue weighted by Gasteiger charge is 2.39. The van der Waals surface area contributed by atoms with Crippen LogP contribution < -0.4 is 4.90 Å². The smallest absolute Gasteiger partial charge is 0.143 e. The minimum absolute atomic E-state index is 0.483. The number of morpholine rings is 1. The van der Waals surface area contributed by atoms with Crippen molar-refractivity contribution in [2.24, 2.45) is 0 Å². The number of hydrogen-bond donors (Lipinski definition) is 1. The normalized spacial score (nSPS) is 27.1. The summed E-state index contributed by atoms with van der Waals surface area (Å²) in [5.74, 6) is 1.90. The second kappa shape index (κ2) is 3.68. The molecule has 2 unspecified atom stereocenters. The first-order chi connectivity index (χ1) is 8.83. The van der Waals surface area contributed by atoms with Gasteiger partial charge in [0.1, 0.15) is 17.3 Å². The molecule has 5 nitrogen and oxygen atoms in total. The molecule has 18 heavy (non-hydrogen) atoms. The summed E-state index contributed by atoms with van der Waals surface area (Å²) in [4.78, 5) is 14.7. The van der Waals surface area contributed by atoms with Gasteiger partial charge in [-0.3, -0.25) is 0 Å². The molecular formula is C13H16N4O. The average Bonchev–Trinajstić information content (AvgIpc) is 2.91. The monoisotopic (exact) mass is 244 g/mol. The molecule has 94 valence electrons. The zero-order valence-electron chi connectivity index (χ0n) is 10.4. The van der Waals surface area contributed by atoms with Crippen molar-refractivity contribution >= 4 is 16.9 Å². The van der Waals surface area contributed by atoms with Gasteiger partial charge in [0.25, 0.3) is 0 Å². The summed E-state index contributed by atoms with van der Waals surface area (Å²) < 4.78 is 5.64. The zero-order chi connectivity index (χ0) is 12.1. The molecule has 2 saturated heterocycles. The summed E-state index contributed by atoms with van der Waals surface area (Å²) in [6.07, 6.45) is 4.35. The predicted molar refractivity (Wildman–Crippen MR) is 68.7 cm³/mol. The summed E-state index contributed by atoms with van der Waals surface area (Å²) in [6, 6.07) is 3.03. The van der Waals surface area contributed by atoms with Gasteiger partial charge in [-0.1, -0.05) is 0 Å². The van der Waals surface area contributed by atoms with Gasteiger partial charge in [-0.2, -0.15) is 0 Å². The van der Waals surface area contributed by atoms with Crippen molar-refractivity contribution in [2.45, 2.75) is 31.8 Å². The highest BCUT2D eigenvalue weighted by molar-refractivity contribution is 5.88. The molecule has 0 spiro atoms. The number of aryl methyl sites for hydroxylation is 1. The van der Waals surface area contributed by atoms with Crippen molar-refractivity contribution in [2.75, 3.05) is 18.1 Å². The van der Waals surface area contributed by atoms with Gasteiger partial charge in [-0.25, -0.2) is 9.97 Å². The first-order valence-electron chi connectivity index (χ1n) is 6.51. The van der Waals surface area contributed by atoms with Crippen LogP contribution in [0.25, 0.3) is 11.0 Å². The van der Waals surface area contributed by atoms with Gasteiger partial charge < -0.3 is 14.6 Å². The number of nitrogens with one attached hydrogen (secondary N) is 1. The number of fused-ring (bicyclic) bond motifs is 3. The molecule has 2 aromatic heterocycles. The molecule has 0 saturated carbocycles. The molecule has 2 aliphatic heterocycles. The fourth-order valence-electron chi connectivity index (χ4n) is 3.21. The summed E-state index contributed by atoms with van der Waals surface area (Å²) in [6.45, 7) is 3.60. The van der Waals surface area contributed by atoms with Crippen LogP contribution >= 0.6 is 0 Å². The van der Waals surface area contributed by atoms with E-state index in [9.17, 15) is 0 Å². The molecule has 0 aliphatic carbocycles. The zero-order valence-corrected chi connectivity index (χ0v) is 10.4. The Kier molecular flexibility index (Phi) is 2.11. The molecule has 0 aromatic carbocycles. The first kappa shape index (κ1) is 10.3. The number of H-pyrrole nitrogens is 1. The Morgan fingerprint density at radius 3 is 2.83 bits per heavy atom. The van der Waals surface area contributed by atoms with Crippen LogP contribution in [-0.2, 0) is 4.74 Å². The van der Waals surface area contributed by atoms with Gasteiger partial charge in [0.05, 0.1) is 30.7 Å². The standard InChI is InChI=1S/C13H16N4O/c1-8-15-12-11(4-5-14-12)13(16-8)17-9-2-3-10(17)7-18-6-9/h4-5,9-10H,2-3,6-7H2,1H3,(H,14,15,16). The van der Waals surface area contributed by atoms with E-state index >= 15 is 0 Å². The van der Waals surface area contributed by atoms with Crippen molar-refractivity contribution in [3.63, 3.8) is 0 Å². The topological polar surface area (TPSA) is 54.0 Å². The first-order valence-corrected chi connectivity index (χ1v) is 6.51. The molecule has 0 radical (unpaired) electrons. The van der Waals surface area contributed by atoms with Crippen molar-refractivity contribution < 1.29 is 4.74 Å². The van der Waals surface area contributed by atoms with Crippen LogP contribution in [0.4, 0.5) is 5.82 Å². The molecule has 2 fully saturated rings. The van der Waals surface area contributed by atoms with Crippen LogP contribution in [0.5, 0.6) is 0 Å². The van der Waals surface area contributed by atoms with Gasteiger partial charge in [0, 0.05) is 6.20 Å². The lowest BCUT2D eigenvalue weighted by atomic mass is 10.2. The minimum atomic E-state index is 0.483. The Morgan fingerprint density at radius 1 is 1.28 bits per heavy atom. The van der Waals surface area contributed by atoms with Crippen LogP contribution in [0.2, 0.25) is 0 Å². The van der Waals surface area contributed by atoms with E-state index in [0.29, 0.717) is 12.1 Å². The molecular weight excluding hydrogens is 228 g/mol. The van der Waals surface area contributed by atoms with Crippen molar-refractivity contribution in [3.8, 4) is 0 Å². The Hall–Kier alpha value is -1.62. The molecule has 2 aliphatic rings. The largest absolute Gasteiger partial charge is 0.377 e. The molecule has 0 amide bonds. The molecule has 1 N–H and O–H groups in total. The van der Waals surface area contributed by atoms with E-state index in [-0.39, 0.29) is 0 Å². The third kappa shape index (κ3) is 1.37. The number of nitrogens with zero attached hydrogens (tertiary/aromatic N) is 3. The summed E-state index contributed by atoms with van der Waals surface area (Å²) in [7, 11) is 0. The summed E-state index contributed by atoms with van der Waals surface area (Å²) >= 11 is 0. The Bertz CT molecular complexity index is 578. The quantitative estimate of drug-likeness (QED) is 0.828. The van der Waals surface area contributed by atoms with E-state index in [1.807, 2.05) is 13.1 Å². The van der Waals surface area contributed by atoms with E-state index in [0.717, 1.165) is 35.9 Å². The van der Waals surface area contributed by atoms with Gasteiger partial charge >= 0.3 is 0 Å².